The van der Waals surface area contributed by atoms with Crippen LogP contribution in [-0.2, 0) is 11.2 Å². The molecule has 0 unspecified atom stereocenters. The minimum atomic E-state index is -0.322. The van der Waals surface area contributed by atoms with Crippen LogP contribution >= 0.6 is 15.9 Å². The van der Waals surface area contributed by atoms with Crippen LogP contribution in [0.4, 0.5) is 5.82 Å². The molecule has 5 heteroatoms. The number of benzene rings is 1. The van der Waals surface area contributed by atoms with Crippen LogP contribution in [0.2, 0.25) is 0 Å². The number of pyridine rings is 1. The number of carbonyl (C=O) groups excluding carboxylic acids is 2. The van der Waals surface area contributed by atoms with Gasteiger partial charge >= 0.3 is 0 Å². The number of amides is 2. The van der Waals surface area contributed by atoms with E-state index in [1.54, 1.807) is 36.5 Å². The molecule has 3 rings (SSSR count). The van der Waals surface area contributed by atoms with E-state index in [4.69, 9.17) is 0 Å². The van der Waals surface area contributed by atoms with Crippen molar-refractivity contribution >= 4 is 33.6 Å². The SMILES string of the molecule is O=C1Cc2ccccc2C(=O)N1c1cc(Br)ccn1. The summed E-state index contributed by atoms with van der Waals surface area (Å²) < 4.78 is 0.775. The second kappa shape index (κ2) is 4.59. The largest absolute Gasteiger partial charge is 0.274 e. The lowest BCUT2D eigenvalue weighted by atomic mass is 9.98. The van der Waals surface area contributed by atoms with Crippen molar-refractivity contribution in [2.75, 3.05) is 4.90 Å². The molecule has 1 aliphatic rings. The van der Waals surface area contributed by atoms with Crippen molar-refractivity contribution in [3.05, 3.63) is 58.2 Å². The van der Waals surface area contributed by atoms with Crippen molar-refractivity contribution in [3.8, 4) is 0 Å². The molecule has 0 saturated carbocycles. The van der Waals surface area contributed by atoms with Gasteiger partial charge in [-0.15, -0.1) is 0 Å². The van der Waals surface area contributed by atoms with Crippen LogP contribution in [0, 0.1) is 0 Å². The van der Waals surface area contributed by atoms with Gasteiger partial charge in [0.1, 0.15) is 5.82 Å². The zero-order valence-electron chi connectivity index (χ0n) is 9.84. The standard InChI is InChI=1S/C14H9BrN2O2/c15-10-5-6-16-12(8-10)17-13(18)7-9-3-1-2-4-11(9)14(17)19/h1-6,8H,7H2. The Kier molecular flexibility index (Phi) is 2.91. The second-order valence-corrected chi connectivity index (χ2v) is 5.12. The monoisotopic (exact) mass is 316 g/mol. The first-order chi connectivity index (χ1) is 9.16. The van der Waals surface area contributed by atoms with Gasteiger partial charge in [0.25, 0.3) is 5.91 Å². The Hall–Kier alpha value is -2.01. The molecule has 0 radical (unpaired) electrons. The smallest absolute Gasteiger partial charge is 0.266 e. The molecule has 0 saturated heterocycles. The maximum atomic E-state index is 12.4. The highest BCUT2D eigenvalue weighted by atomic mass is 79.9. The third kappa shape index (κ3) is 2.06. The lowest BCUT2D eigenvalue weighted by Crippen LogP contribution is -2.42. The lowest BCUT2D eigenvalue weighted by molar-refractivity contribution is -0.117. The summed E-state index contributed by atoms with van der Waals surface area (Å²) in [6, 6.07) is 10.6. The fourth-order valence-electron chi connectivity index (χ4n) is 2.11. The molecule has 0 spiro atoms. The first-order valence-corrected chi connectivity index (χ1v) is 6.53. The highest BCUT2D eigenvalue weighted by molar-refractivity contribution is 9.10. The molecule has 1 aromatic heterocycles. The first kappa shape index (κ1) is 12.0. The van der Waals surface area contributed by atoms with Gasteiger partial charge in [0.05, 0.1) is 6.42 Å². The molecule has 0 bridgehead atoms. The number of aromatic nitrogens is 1. The highest BCUT2D eigenvalue weighted by Gasteiger charge is 2.32. The van der Waals surface area contributed by atoms with Crippen LogP contribution in [0.15, 0.2) is 47.1 Å². The molecule has 0 N–H and O–H groups in total. The van der Waals surface area contributed by atoms with Gasteiger partial charge in [-0.3, -0.25) is 9.59 Å². The van der Waals surface area contributed by atoms with Gasteiger partial charge in [-0.1, -0.05) is 34.1 Å². The molecule has 0 fully saturated rings. The maximum Gasteiger partial charge on any atom is 0.266 e. The van der Waals surface area contributed by atoms with Gasteiger partial charge in [0, 0.05) is 16.2 Å². The molecule has 1 aromatic carbocycles. The van der Waals surface area contributed by atoms with Crippen molar-refractivity contribution in [2.45, 2.75) is 6.42 Å². The minimum absolute atomic E-state index is 0.218. The van der Waals surface area contributed by atoms with Crippen LogP contribution in [0.1, 0.15) is 15.9 Å². The fourth-order valence-corrected chi connectivity index (χ4v) is 2.43. The average molecular weight is 317 g/mol. The topological polar surface area (TPSA) is 50.3 Å². The molecule has 1 aliphatic heterocycles. The van der Waals surface area contributed by atoms with Gasteiger partial charge in [-0.05, 0) is 23.8 Å². The van der Waals surface area contributed by atoms with Crippen LogP contribution in [0.25, 0.3) is 0 Å². The Morgan fingerprint density at radius 3 is 2.74 bits per heavy atom. The van der Waals surface area contributed by atoms with E-state index < -0.39 is 0 Å². The van der Waals surface area contributed by atoms with E-state index in [9.17, 15) is 9.59 Å². The maximum absolute atomic E-state index is 12.4. The van der Waals surface area contributed by atoms with Gasteiger partial charge in [-0.25, -0.2) is 9.88 Å². The number of fused-ring (bicyclic) bond motifs is 1. The third-order valence-electron chi connectivity index (χ3n) is 2.98. The quantitative estimate of drug-likeness (QED) is 0.760. The summed E-state index contributed by atoms with van der Waals surface area (Å²) in [6.45, 7) is 0. The predicted octanol–water partition coefficient (Wildman–Crippen LogP) is 2.57. The van der Waals surface area contributed by atoms with Gasteiger partial charge in [0.2, 0.25) is 5.91 Å². The van der Waals surface area contributed by atoms with Crippen LogP contribution < -0.4 is 4.90 Å². The number of rotatable bonds is 1. The Morgan fingerprint density at radius 1 is 1.16 bits per heavy atom. The van der Waals surface area contributed by atoms with E-state index in [-0.39, 0.29) is 18.2 Å². The third-order valence-corrected chi connectivity index (χ3v) is 3.47. The molecule has 0 atom stereocenters. The molecule has 19 heavy (non-hydrogen) atoms. The summed E-state index contributed by atoms with van der Waals surface area (Å²) in [4.78, 5) is 29.7. The number of nitrogens with zero attached hydrogens (tertiary/aromatic N) is 2. The Morgan fingerprint density at radius 2 is 1.95 bits per heavy atom. The summed E-state index contributed by atoms with van der Waals surface area (Å²) in [5.41, 5.74) is 1.33. The van der Waals surface area contributed by atoms with E-state index in [0.717, 1.165) is 14.9 Å². The van der Waals surface area contributed by atoms with Gasteiger partial charge in [0.15, 0.2) is 0 Å². The van der Waals surface area contributed by atoms with E-state index in [1.807, 2.05) is 6.07 Å². The Labute approximate surface area is 118 Å². The van der Waals surface area contributed by atoms with E-state index in [1.165, 1.54) is 0 Å². The normalized spacial score (nSPS) is 14.5. The second-order valence-electron chi connectivity index (χ2n) is 4.20. The number of halogens is 1. The molecule has 94 valence electrons. The van der Waals surface area contributed by atoms with Gasteiger partial charge in [-0.2, -0.15) is 0 Å². The van der Waals surface area contributed by atoms with Crippen molar-refractivity contribution in [1.29, 1.82) is 0 Å². The number of carbonyl (C=O) groups is 2. The van der Waals surface area contributed by atoms with Crippen LogP contribution in [0.3, 0.4) is 0 Å². The summed E-state index contributed by atoms with van der Waals surface area (Å²) in [6.07, 6.45) is 1.77. The molecular weight excluding hydrogens is 308 g/mol. The van der Waals surface area contributed by atoms with E-state index >= 15 is 0 Å². The summed E-state index contributed by atoms with van der Waals surface area (Å²) >= 11 is 3.31. The zero-order valence-corrected chi connectivity index (χ0v) is 11.4. The van der Waals surface area contributed by atoms with Crippen molar-refractivity contribution in [2.24, 2.45) is 0 Å². The van der Waals surface area contributed by atoms with E-state index in [2.05, 4.69) is 20.9 Å². The summed E-state index contributed by atoms with van der Waals surface area (Å²) in [5.74, 6) is -0.231. The van der Waals surface area contributed by atoms with Crippen molar-refractivity contribution < 1.29 is 9.59 Å². The average Bonchev–Trinajstić information content (AvgIpc) is 2.39. The van der Waals surface area contributed by atoms with Crippen molar-refractivity contribution in [1.82, 2.24) is 4.98 Å². The van der Waals surface area contributed by atoms with Gasteiger partial charge < -0.3 is 0 Å². The predicted molar refractivity (Wildman–Crippen MR) is 73.9 cm³/mol. The molecule has 2 amide bonds. The number of anilines is 1. The summed E-state index contributed by atoms with van der Waals surface area (Å²) in [7, 11) is 0. The number of hydrogen-bond donors (Lipinski definition) is 0. The molecule has 2 heterocycles. The summed E-state index contributed by atoms with van der Waals surface area (Å²) in [5, 5.41) is 0. The van der Waals surface area contributed by atoms with Crippen LogP contribution in [-0.4, -0.2) is 16.8 Å². The first-order valence-electron chi connectivity index (χ1n) is 5.73. The minimum Gasteiger partial charge on any atom is -0.274 e. The number of hydrogen-bond acceptors (Lipinski definition) is 3. The lowest BCUT2D eigenvalue weighted by Gasteiger charge is -2.25. The molecule has 4 nitrogen and oxygen atoms in total. The molecular formula is C14H9BrN2O2. The molecule has 0 aliphatic carbocycles. The molecule has 2 aromatic rings. The van der Waals surface area contributed by atoms with Crippen LogP contribution in [0.5, 0.6) is 0 Å². The van der Waals surface area contributed by atoms with E-state index in [0.29, 0.717) is 11.4 Å². The van der Waals surface area contributed by atoms with Crippen molar-refractivity contribution in [3.63, 3.8) is 0 Å². The Bertz CT molecular complexity index is 685. The zero-order chi connectivity index (χ0) is 13.4. The number of imide groups is 1. The fraction of sp³-hybridized carbons (Fsp3) is 0.0714. The highest BCUT2D eigenvalue weighted by Crippen LogP contribution is 2.25. The Balaban J connectivity index is 2.09.